The first-order chi connectivity index (χ1) is 10.5. The van der Waals surface area contributed by atoms with E-state index in [1.54, 1.807) is 6.07 Å². The number of phosphoric acid groups is 1. The molecule has 0 fully saturated rings. The number of rotatable bonds is 3. The molecule has 0 amide bonds. The lowest BCUT2D eigenvalue weighted by Crippen LogP contribution is -2.04. The highest BCUT2D eigenvalue weighted by molar-refractivity contribution is 7.45. The molecule has 23 heavy (non-hydrogen) atoms. The molecular weight excluding hydrogens is 329 g/mol. The van der Waals surface area contributed by atoms with Crippen molar-refractivity contribution < 1.29 is 29.3 Å². The van der Waals surface area contributed by atoms with Crippen molar-refractivity contribution in [1.82, 2.24) is 4.57 Å². The average Bonchev–Trinajstić information content (AvgIpc) is 2.63. The van der Waals surface area contributed by atoms with E-state index in [0.717, 1.165) is 16.8 Å². The topological polar surface area (TPSA) is 172 Å². The second-order valence-corrected chi connectivity index (χ2v) is 5.79. The minimum atomic E-state index is -4.64. The van der Waals surface area contributed by atoms with E-state index in [1.165, 1.54) is 6.07 Å². The molecule has 0 spiro atoms. The van der Waals surface area contributed by atoms with Crippen molar-refractivity contribution >= 4 is 24.4 Å². The molecule has 0 bridgehead atoms. The highest BCUT2D eigenvalue weighted by atomic mass is 31.2. The van der Waals surface area contributed by atoms with Crippen molar-refractivity contribution in [3.8, 4) is 5.75 Å². The molecule has 0 aliphatic carbocycles. The van der Waals surface area contributed by atoms with Crippen LogP contribution in [0.3, 0.4) is 0 Å². The average molecular weight is 347 g/mol. The Bertz CT molecular complexity index is 773. The maximum Gasteiger partial charge on any atom is 0.466 e. The maximum atomic E-state index is 10.8. The number of fused-ring (bicyclic) bond motifs is 1. The van der Waals surface area contributed by atoms with Crippen molar-refractivity contribution in [2.75, 3.05) is 6.54 Å². The van der Waals surface area contributed by atoms with Gasteiger partial charge in [-0.05, 0) is 31.5 Å². The van der Waals surface area contributed by atoms with Gasteiger partial charge in [0.1, 0.15) is 0 Å². The SMILES string of the molecule is Cc1c(CCN)c2c(O)c([N+](=O)[O-])ccc2n1C.O=P(O)(O)O. The molecule has 1 heterocycles. The molecule has 2 aromatic rings. The van der Waals surface area contributed by atoms with Crippen LogP contribution in [0.1, 0.15) is 11.3 Å². The first-order valence-electron chi connectivity index (χ1n) is 6.41. The summed E-state index contributed by atoms with van der Waals surface area (Å²) < 4.78 is 10.8. The van der Waals surface area contributed by atoms with Gasteiger partial charge in [-0.3, -0.25) is 10.1 Å². The van der Waals surface area contributed by atoms with Crippen LogP contribution in [0, 0.1) is 17.0 Å². The number of phenols is 1. The fourth-order valence-corrected chi connectivity index (χ4v) is 2.31. The zero-order valence-corrected chi connectivity index (χ0v) is 13.4. The summed E-state index contributed by atoms with van der Waals surface area (Å²) in [6.07, 6.45) is 0.581. The Kier molecular flexibility index (Phi) is 5.86. The number of aromatic hydroxyl groups is 1. The van der Waals surface area contributed by atoms with Crippen molar-refractivity contribution in [1.29, 1.82) is 0 Å². The number of nitro groups is 1. The number of hydrogen-bond donors (Lipinski definition) is 5. The summed E-state index contributed by atoms with van der Waals surface area (Å²) in [5.74, 6) is -0.273. The Morgan fingerprint density at radius 3 is 2.30 bits per heavy atom. The molecule has 128 valence electrons. The molecule has 11 heteroatoms. The van der Waals surface area contributed by atoms with Crippen molar-refractivity contribution in [3.05, 3.63) is 33.5 Å². The molecule has 0 aliphatic heterocycles. The van der Waals surface area contributed by atoms with Crippen LogP contribution in [0.25, 0.3) is 10.9 Å². The third kappa shape index (κ3) is 4.50. The smallest absolute Gasteiger partial charge is 0.466 e. The van der Waals surface area contributed by atoms with E-state index < -0.39 is 12.7 Å². The lowest BCUT2D eigenvalue weighted by molar-refractivity contribution is -0.385. The lowest BCUT2D eigenvalue weighted by Gasteiger charge is -2.01. The standard InChI is InChI=1S/C12H15N3O3.H3O4P/c1-7-8(5-6-13)11-9(14(7)2)3-4-10(12(11)16)15(17)18;1-5(2,3)4/h3-4,16H,5-6,13H2,1-2H3;(H3,1,2,3,4). The zero-order chi connectivity index (χ0) is 17.9. The molecule has 0 aliphatic rings. The lowest BCUT2D eigenvalue weighted by atomic mass is 10.1. The summed E-state index contributed by atoms with van der Waals surface area (Å²) in [5.41, 5.74) is 7.89. The van der Waals surface area contributed by atoms with Gasteiger partial charge in [0.25, 0.3) is 0 Å². The zero-order valence-electron chi connectivity index (χ0n) is 12.5. The molecule has 10 nitrogen and oxygen atoms in total. The van der Waals surface area contributed by atoms with Gasteiger partial charge in [0, 0.05) is 18.8 Å². The summed E-state index contributed by atoms with van der Waals surface area (Å²) in [6.45, 7) is 2.35. The normalized spacial score (nSPS) is 11.2. The first-order valence-corrected chi connectivity index (χ1v) is 7.98. The number of nitrogens with two attached hydrogens (primary N) is 1. The van der Waals surface area contributed by atoms with Gasteiger partial charge in [0.05, 0.1) is 15.8 Å². The summed E-state index contributed by atoms with van der Waals surface area (Å²) >= 11 is 0. The number of nitrogens with zero attached hydrogens (tertiary/aromatic N) is 2. The van der Waals surface area contributed by atoms with Gasteiger partial charge in [0.2, 0.25) is 5.75 Å². The van der Waals surface area contributed by atoms with Gasteiger partial charge in [-0.15, -0.1) is 0 Å². The number of phenolic OH excluding ortho intramolecular Hbond substituents is 1. The fourth-order valence-electron chi connectivity index (χ4n) is 2.31. The number of nitro benzene ring substituents is 1. The Morgan fingerprint density at radius 2 is 1.87 bits per heavy atom. The molecule has 0 radical (unpaired) electrons. The Hall–Kier alpha value is -1.97. The van der Waals surface area contributed by atoms with Gasteiger partial charge < -0.3 is 30.1 Å². The minimum Gasteiger partial charge on any atom is -0.502 e. The summed E-state index contributed by atoms with van der Waals surface area (Å²) in [5, 5.41) is 21.4. The van der Waals surface area contributed by atoms with E-state index in [2.05, 4.69) is 0 Å². The second-order valence-electron chi connectivity index (χ2n) is 4.76. The van der Waals surface area contributed by atoms with E-state index >= 15 is 0 Å². The fraction of sp³-hybridized carbons (Fsp3) is 0.333. The number of aryl methyl sites for hydroxylation is 1. The van der Waals surface area contributed by atoms with E-state index in [1.807, 2.05) is 18.5 Å². The van der Waals surface area contributed by atoms with Crippen LogP contribution < -0.4 is 5.73 Å². The molecule has 1 aromatic carbocycles. The molecule has 1 aromatic heterocycles. The Morgan fingerprint density at radius 1 is 1.35 bits per heavy atom. The van der Waals surface area contributed by atoms with Crippen LogP contribution in [0.5, 0.6) is 5.75 Å². The second kappa shape index (κ2) is 7.07. The van der Waals surface area contributed by atoms with E-state index in [9.17, 15) is 15.2 Å². The molecular formula is C12H18N3O7P. The number of aromatic nitrogens is 1. The predicted molar refractivity (Wildman–Crippen MR) is 83.0 cm³/mol. The third-order valence-corrected chi connectivity index (χ3v) is 3.33. The quantitative estimate of drug-likeness (QED) is 0.306. The number of hydrogen-bond acceptors (Lipinski definition) is 5. The van der Waals surface area contributed by atoms with Crippen molar-refractivity contribution in [3.63, 3.8) is 0 Å². The van der Waals surface area contributed by atoms with Gasteiger partial charge in [0.15, 0.2) is 0 Å². The van der Waals surface area contributed by atoms with Crippen LogP contribution in [-0.2, 0) is 18.0 Å². The Labute approximate surface area is 131 Å². The highest BCUT2D eigenvalue weighted by Crippen LogP contribution is 2.38. The molecule has 0 saturated carbocycles. The predicted octanol–water partition coefficient (Wildman–Crippen LogP) is 0.673. The van der Waals surface area contributed by atoms with Gasteiger partial charge in [-0.25, -0.2) is 4.57 Å². The molecule has 0 saturated heterocycles. The van der Waals surface area contributed by atoms with Crippen LogP contribution in [0.2, 0.25) is 0 Å². The molecule has 0 unspecified atom stereocenters. The molecule has 2 rings (SSSR count). The van der Waals surface area contributed by atoms with E-state index in [0.29, 0.717) is 18.4 Å². The number of benzene rings is 1. The van der Waals surface area contributed by atoms with E-state index in [4.69, 9.17) is 25.0 Å². The van der Waals surface area contributed by atoms with Crippen LogP contribution in [0.4, 0.5) is 5.69 Å². The minimum absolute atomic E-state index is 0.272. The summed E-state index contributed by atoms with van der Waals surface area (Å²) in [4.78, 5) is 31.8. The molecule has 0 atom stereocenters. The Balaban J connectivity index is 0.000000463. The monoisotopic (exact) mass is 347 g/mol. The summed E-state index contributed by atoms with van der Waals surface area (Å²) in [6, 6.07) is 2.98. The maximum absolute atomic E-state index is 10.8. The van der Waals surface area contributed by atoms with Crippen LogP contribution >= 0.6 is 7.82 Å². The van der Waals surface area contributed by atoms with Crippen molar-refractivity contribution in [2.45, 2.75) is 13.3 Å². The van der Waals surface area contributed by atoms with Crippen LogP contribution in [-0.4, -0.2) is 35.8 Å². The van der Waals surface area contributed by atoms with Crippen molar-refractivity contribution in [2.24, 2.45) is 12.8 Å². The molecule has 6 N–H and O–H groups in total. The largest absolute Gasteiger partial charge is 0.502 e. The first kappa shape index (κ1) is 19.1. The summed E-state index contributed by atoms with van der Waals surface area (Å²) in [7, 11) is -2.77. The van der Waals surface area contributed by atoms with Gasteiger partial charge in [-0.2, -0.15) is 0 Å². The van der Waals surface area contributed by atoms with E-state index in [-0.39, 0.29) is 11.4 Å². The third-order valence-electron chi connectivity index (χ3n) is 3.33. The van der Waals surface area contributed by atoms with Gasteiger partial charge >= 0.3 is 13.5 Å². The van der Waals surface area contributed by atoms with Crippen LogP contribution in [0.15, 0.2) is 12.1 Å². The highest BCUT2D eigenvalue weighted by Gasteiger charge is 2.22. The van der Waals surface area contributed by atoms with Gasteiger partial charge in [-0.1, -0.05) is 0 Å².